The highest BCUT2D eigenvalue weighted by atomic mass is 19.4. The summed E-state index contributed by atoms with van der Waals surface area (Å²) in [5.41, 5.74) is 0.0214. The summed E-state index contributed by atoms with van der Waals surface area (Å²) in [6, 6.07) is 4.78. The topological polar surface area (TPSA) is 20.2 Å². The second-order valence-corrected chi connectivity index (χ2v) is 6.47. The van der Waals surface area contributed by atoms with Crippen molar-refractivity contribution in [1.82, 2.24) is 0 Å². The first-order valence-electron chi connectivity index (χ1n) is 7.65. The highest BCUT2D eigenvalue weighted by Gasteiger charge is 2.87. The smallest absolute Gasteiger partial charge is 0.388 e. The van der Waals surface area contributed by atoms with Crippen LogP contribution < -0.4 is 0 Å². The molecule has 162 valence electrons. The molecule has 1 aromatic carbocycles. The third kappa shape index (κ3) is 4.06. The number of rotatable bonds is 7. The van der Waals surface area contributed by atoms with Gasteiger partial charge in [0.1, 0.15) is 0 Å². The standard InChI is InChI=1S/C16H15F11O/c1-8(2)9-4-3-5-10(6-9)11(28)7-12(17,18)13(19,20)14(21,22)15(23,24)16(25,26)27/h3-6,8,11,28H,7H2,1-2H3. The molecule has 0 fully saturated rings. The summed E-state index contributed by atoms with van der Waals surface area (Å²) < 4.78 is 143. The van der Waals surface area contributed by atoms with Gasteiger partial charge in [0.25, 0.3) is 0 Å². The van der Waals surface area contributed by atoms with Crippen LogP contribution >= 0.6 is 0 Å². The molecule has 0 amide bonds. The molecule has 1 atom stereocenters. The van der Waals surface area contributed by atoms with Crippen molar-refractivity contribution in [3.8, 4) is 0 Å². The van der Waals surface area contributed by atoms with Crippen LogP contribution in [0.3, 0.4) is 0 Å². The van der Waals surface area contributed by atoms with Gasteiger partial charge in [-0.15, -0.1) is 0 Å². The molecule has 0 aromatic heterocycles. The molecular weight excluding hydrogens is 417 g/mol. The molecule has 1 aromatic rings. The maximum atomic E-state index is 13.7. The third-order valence-electron chi connectivity index (χ3n) is 4.02. The molecule has 0 aliphatic rings. The molecule has 1 N–H and O–H groups in total. The first-order valence-corrected chi connectivity index (χ1v) is 7.65. The maximum absolute atomic E-state index is 13.7. The Kier molecular flexibility index (Phi) is 6.41. The molecule has 0 saturated heterocycles. The summed E-state index contributed by atoms with van der Waals surface area (Å²) in [6.07, 6.45) is -12.2. The first-order chi connectivity index (χ1) is 12.3. The molecule has 0 saturated carbocycles. The van der Waals surface area contributed by atoms with E-state index >= 15 is 0 Å². The fourth-order valence-corrected chi connectivity index (χ4v) is 2.22. The van der Waals surface area contributed by atoms with Crippen molar-refractivity contribution in [2.24, 2.45) is 0 Å². The lowest BCUT2D eigenvalue weighted by Gasteiger charge is -2.37. The number of hydrogen-bond acceptors (Lipinski definition) is 1. The Morgan fingerprint density at radius 2 is 1.21 bits per heavy atom. The van der Waals surface area contributed by atoms with E-state index in [4.69, 9.17) is 0 Å². The maximum Gasteiger partial charge on any atom is 0.460 e. The zero-order valence-corrected chi connectivity index (χ0v) is 14.3. The highest BCUT2D eigenvalue weighted by Crippen LogP contribution is 2.58. The molecule has 1 rings (SSSR count). The summed E-state index contributed by atoms with van der Waals surface area (Å²) >= 11 is 0. The normalized spacial score (nSPS) is 15.8. The van der Waals surface area contributed by atoms with Crippen molar-refractivity contribution < 1.29 is 53.4 Å². The van der Waals surface area contributed by atoms with Gasteiger partial charge in [0.15, 0.2) is 0 Å². The van der Waals surface area contributed by atoms with Crippen LogP contribution in [-0.2, 0) is 0 Å². The number of aliphatic hydroxyl groups excluding tert-OH is 1. The van der Waals surface area contributed by atoms with Gasteiger partial charge in [-0.2, -0.15) is 48.3 Å². The van der Waals surface area contributed by atoms with E-state index in [9.17, 15) is 53.4 Å². The number of benzene rings is 1. The summed E-state index contributed by atoms with van der Waals surface area (Å²) in [7, 11) is 0. The minimum atomic E-state index is -7.47. The van der Waals surface area contributed by atoms with Gasteiger partial charge in [-0.25, -0.2) is 0 Å². The summed E-state index contributed by atoms with van der Waals surface area (Å²) in [6.45, 7) is 3.29. The fraction of sp³-hybridized carbons (Fsp3) is 0.625. The van der Waals surface area contributed by atoms with E-state index in [1.807, 2.05) is 0 Å². The van der Waals surface area contributed by atoms with Crippen molar-refractivity contribution in [1.29, 1.82) is 0 Å². The van der Waals surface area contributed by atoms with Gasteiger partial charge in [0.05, 0.1) is 6.10 Å². The zero-order valence-electron chi connectivity index (χ0n) is 14.3. The highest BCUT2D eigenvalue weighted by molar-refractivity contribution is 5.27. The quantitative estimate of drug-likeness (QED) is 0.499. The molecule has 0 heterocycles. The van der Waals surface area contributed by atoms with Crippen molar-refractivity contribution in [2.75, 3.05) is 0 Å². The van der Waals surface area contributed by atoms with Crippen LogP contribution in [0.25, 0.3) is 0 Å². The monoisotopic (exact) mass is 432 g/mol. The molecule has 0 radical (unpaired) electrons. The molecular formula is C16H15F11O. The molecule has 0 spiro atoms. The fourth-order valence-electron chi connectivity index (χ4n) is 2.22. The van der Waals surface area contributed by atoms with Gasteiger partial charge in [0, 0.05) is 6.42 Å². The minimum absolute atomic E-state index is 0.205. The Labute approximate surface area is 152 Å². The van der Waals surface area contributed by atoms with Gasteiger partial charge < -0.3 is 5.11 Å². The Morgan fingerprint density at radius 1 is 0.750 bits per heavy atom. The zero-order chi connectivity index (χ0) is 22.3. The predicted molar refractivity (Wildman–Crippen MR) is 76.0 cm³/mol. The Balaban J connectivity index is 3.24. The van der Waals surface area contributed by atoms with Crippen molar-refractivity contribution in [2.45, 2.75) is 62.2 Å². The van der Waals surface area contributed by atoms with Crippen LogP contribution in [-0.4, -0.2) is 35.0 Å². The molecule has 12 heteroatoms. The largest absolute Gasteiger partial charge is 0.460 e. The number of aliphatic hydroxyl groups is 1. The van der Waals surface area contributed by atoms with Gasteiger partial charge in [-0.3, -0.25) is 0 Å². The van der Waals surface area contributed by atoms with Crippen LogP contribution in [0, 0.1) is 0 Å². The van der Waals surface area contributed by atoms with Crippen LogP contribution in [0.2, 0.25) is 0 Å². The van der Waals surface area contributed by atoms with Gasteiger partial charge in [-0.1, -0.05) is 38.1 Å². The number of alkyl halides is 11. The van der Waals surface area contributed by atoms with E-state index in [0.29, 0.717) is 5.56 Å². The van der Waals surface area contributed by atoms with Gasteiger partial charge >= 0.3 is 29.9 Å². The second-order valence-electron chi connectivity index (χ2n) is 6.47. The van der Waals surface area contributed by atoms with E-state index in [-0.39, 0.29) is 5.92 Å². The molecule has 0 bridgehead atoms. The van der Waals surface area contributed by atoms with E-state index in [1.54, 1.807) is 13.8 Å². The second kappa shape index (κ2) is 7.34. The summed E-state index contributed by atoms with van der Waals surface area (Å²) in [4.78, 5) is 0. The molecule has 1 unspecified atom stereocenters. The van der Waals surface area contributed by atoms with E-state index in [0.717, 1.165) is 12.1 Å². The number of halogens is 11. The van der Waals surface area contributed by atoms with Crippen LogP contribution in [0.4, 0.5) is 48.3 Å². The van der Waals surface area contributed by atoms with Crippen molar-refractivity contribution >= 4 is 0 Å². The van der Waals surface area contributed by atoms with E-state index in [1.165, 1.54) is 12.1 Å². The molecule has 0 aliphatic carbocycles. The Bertz CT molecular complexity index is 679. The Morgan fingerprint density at radius 3 is 1.64 bits per heavy atom. The van der Waals surface area contributed by atoms with Crippen molar-refractivity contribution in [3.63, 3.8) is 0 Å². The predicted octanol–water partition coefficient (Wildman–Crippen LogP) is 6.34. The molecule has 0 aliphatic heterocycles. The third-order valence-corrected chi connectivity index (χ3v) is 4.02. The minimum Gasteiger partial charge on any atom is -0.388 e. The van der Waals surface area contributed by atoms with Crippen LogP contribution in [0.1, 0.15) is 43.4 Å². The molecule has 28 heavy (non-hydrogen) atoms. The average molecular weight is 432 g/mol. The van der Waals surface area contributed by atoms with Crippen molar-refractivity contribution in [3.05, 3.63) is 35.4 Å². The lowest BCUT2D eigenvalue weighted by Crippen LogP contribution is -2.66. The number of hydrogen-bond donors (Lipinski definition) is 1. The summed E-state index contributed by atoms with van der Waals surface area (Å²) in [5, 5.41) is 9.69. The van der Waals surface area contributed by atoms with Gasteiger partial charge in [0.2, 0.25) is 0 Å². The van der Waals surface area contributed by atoms with Gasteiger partial charge in [-0.05, 0) is 17.0 Å². The molecule has 1 nitrogen and oxygen atoms in total. The van der Waals surface area contributed by atoms with E-state index in [2.05, 4.69) is 0 Å². The van der Waals surface area contributed by atoms with Crippen LogP contribution in [0.5, 0.6) is 0 Å². The lowest BCUT2D eigenvalue weighted by atomic mass is 9.91. The Hall–Kier alpha value is -1.59. The SMILES string of the molecule is CC(C)c1cccc(C(O)CC(F)(F)C(F)(F)C(F)(F)C(F)(F)C(F)(F)F)c1. The summed E-state index contributed by atoms with van der Waals surface area (Å²) in [5.74, 6) is -28.3. The van der Waals surface area contributed by atoms with E-state index < -0.39 is 48.0 Å². The lowest BCUT2D eigenvalue weighted by molar-refractivity contribution is -0.423. The first kappa shape index (κ1) is 24.4. The van der Waals surface area contributed by atoms with Crippen LogP contribution in [0.15, 0.2) is 24.3 Å². The average Bonchev–Trinajstić information content (AvgIpc) is 2.52.